The van der Waals surface area contributed by atoms with Gasteiger partial charge in [-0.25, -0.2) is 9.97 Å². The van der Waals surface area contributed by atoms with Gasteiger partial charge in [0.15, 0.2) is 0 Å². The van der Waals surface area contributed by atoms with E-state index in [1.165, 1.54) is 0 Å². The van der Waals surface area contributed by atoms with Crippen LogP contribution in [0.25, 0.3) is 0 Å². The summed E-state index contributed by atoms with van der Waals surface area (Å²) in [6, 6.07) is 17.1. The Morgan fingerprint density at radius 1 is 0.960 bits per heavy atom. The highest BCUT2D eigenvalue weighted by atomic mass is 35.5. The Kier molecular flexibility index (Phi) is 5.36. The summed E-state index contributed by atoms with van der Waals surface area (Å²) in [5, 5.41) is 7.14. The number of hydrogen-bond donors (Lipinski definition) is 2. The summed E-state index contributed by atoms with van der Waals surface area (Å²) < 4.78 is 5.45. The van der Waals surface area contributed by atoms with Crippen molar-refractivity contribution in [2.24, 2.45) is 0 Å². The van der Waals surface area contributed by atoms with Crippen molar-refractivity contribution in [1.29, 1.82) is 0 Å². The molecule has 3 rings (SSSR count). The standard InChI is InChI=1S/C19H19ClN4O/c1-3-25-15-10-8-14(9-11-15)23-18-12-19(22-13(2)21-18)24-17-7-5-4-6-16(17)20/h4-12H,3H2,1-2H3,(H2,21,22,23,24). The van der Waals surface area contributed by atoms with E-state index >= 15 is 0 Å². The number of para-hydroxylation sites is 1. The molecule has 2 N–H and O–H groups in total. The zero-order chi connectivity index (χ0) is 17.6. The van der Waals surface area contributed by atoms with Gasteiger partial charge < -0.3 is 15.4 Å². The molecule has 25 heavy (non-hydrogen) atoms. The zero-order valence-corrected chi connectivity index (χ0v) is 14.8. The van der Waals surface area contributed by atoms with E-state index in [0.29, 0.717) is 29.1 Å². The van der Waals surface area contributed by atoms with Gasteiger partial charge in [0.05, 0.1) is 17.3 Å². The summed E-state index contributed by atoms with van der Waals surface area (Å²) in [7, 11) is 0. The van der Waals surface area contributed by atoms with E-state index in [0.717, 1.165) is 17.1 Å². The first-order valence-corrected chi connectivity index (χ1v) is 8.39. The largest absolute Gasteiger partial charge is 0.494 e. The molecule has 0 atom stereocenters. The molecule has 128 valence electrons. The van der Waals surface area contributed by atoms with Crippen molar-refractivity contribution in [2.75, 3.05) is 17.2 Å². The predicted molar refractivity (Wildman–Crippen MR) is 102 cm³/mol. The molecule has 0 saturated heterocycles. The minimum absolute atomic E-state index is 0.639. The highest BCUT2D eigenvalue weighted by Crippen LogP contribution is 2.26. The van der Waals surface area contributed by atoms with Crippen LogP contribution in [-0.2, 0) is 0 Å². The van der Waals surface area contributed by atoms with E-state index < -0.39 is 0 Å². The van der Waals surface area contributed by atoms with Gasteiger partial charge in [-0.15, -0.1) is 0 Å². The van der Waals surface area contributed by atoms with Gasteiger partial charge in [0.1, 0.15) is 23.2 Å². The molecule has 6 heteroatoms. The van der Waals surface area contributed by atoms with E-state index in [2.05, 4.69) is 20.6 Å². The number of halogens is 1. The zero-order valence-electron chi connectivity index (χ0n) is 14.1. The number of aryl methyl sites for hydroxylation is 1. The molecule has 0 saturated carbocycles. The van der Waals surface area contributed by atoms with Crippen molar-refractivity contribution in [1.82, 2.24) is 9.97 Å². The van der Waals surface area contributed by atoms with Crippen LogP contribution in [0.1, 0.15) is 12.7 Å². The summed E-state index contributed by atoms with van der Waals surface area (Å²) in [4.78, 5) is 8.83. The molecule has 0 spiro atoms. The van der Waals surface area contributed by atoms with E-state index in [1.54, 1.807) is 0 Å². The van der Waals surface area contributed by atoms with Crippen LogP contribution in [0.15, 0.2) is 54.6 Å². The normalized spacial score (nSPS) is 10.4. The average Bonchev–Trinajstić information content (AvgIpc) is 2.58. The van der Waals surface area contributed by atoms with Crippen LogP contribution in [-0.4, -0.2) is 16.6 Å². The number of benzene rings is 2. The molecule has 0 bridgehead atoms. The Labute approximate surface area is 152 Å². The van der Waals surface area contributed by atoms with Crippen molar-refractivity contribution in [3.05, 3.63) is 65.4 Å². The van der Waals surface area contributed by atoms with Gasteiger partial charge in [-0.1, -0.05) is 23.7 Å². The number of nitrogens with zero attached hydrogens (tertiary/aromatic N) is 2. The van der Waals surface area contributed by atoms with Crippen LogP contribution in [0.3, 0.4) is 0 Å². The molecule has 1 heterocycles. The molecule has 2 aromatic carbocycles. The Bertz CT molecular complexity index is 852. The number of nitrogens with one attached hydrogen (secondary N) is 2. The monoisotopic (exact) mass is 354 g/mol. The smallest absolute Gasteiger partial charge is 0.136 e. The SMILES string of the molecule is CCOc1ccc(Nc2cc(Nc3ccccc3Cl)nc(C)n2)cc1. The molecule has 0 aliphatic heterocycles. The van der Waals surface area contributed by atoms with Gasteiger partial charge in [-0.3, -0.25) is 0 Å². The minimum Gasteiger partial charge on any atom is -0.494 e. The van der Waals surface area contributed by atoms with Gasteiger partial charge in [-0.05, 0) is 50.2 Å². The Balaban J connectivity index is 1.78. The Hall–Kier alpha value is -2.79. The van der Waals surface area contributed by atoms with Crippen LogP contribution in [0, 0.1) is 6.92 Å². The van der Waals surface area contributed by atoms with Gasteiger partial charge in [0, 0.05) is 11.8 Å². The van der Waals surface area contributed by atoms with E-state index in [4.69, 9.17) is 16.3 Å². The number of hydrogen-bond acceptors (Lipinski definition) is 5. The van der Waals surface area contributed by atoms with Crippen LogP contribution < -0.4 is 15.4 Å². The molecular weight excluding hydrogens is 336 g/mol. The summed E-state index contributed by atoms with van der Waals surface area (Å²) >= 11 is 6.19. The topological polar surface area (TPSA) is 59.1 Å². The van der Waals surface area contributed by atoms with Crippen LogP contribution in [0.2, 0.25) is 5.02 Å². The second-order valence-electron chi connectivity index (χ2n) is 5.37. The first-order chi connectivity index (χ1) is 12.1. The number of anilines is 4. The quantitative estimate of drug-likeness (QED) is 0.627. The third-order valence-electron chi connectivity index (χ3n) is 3.41. The highest BCUT2D eigenvalue weighted by molar-refractivity contribution is 6.33. The lowest BCUT2D eigenvalue weighted by molar-refractivity contribution is 0.340. The molecule has 0 unspecified atom stereocenters. The van der Waals surface area contributed by atoms with Crippen molar-refractivity contribution in [3.8, 4) is 5.75 Å². The lowest BCUT2D eigenvalue weighted by Gasteiger charge is -2.11. The van der Waals surface area contributed by atoms with Crippen LogP contribution in [0.4, 0.5) is 23.0 Å². The summed E-state index contributed by atoms with van der Waals surface area (Å²) in [5.74, 6) is 2.87. The van der Waals surface area contributed by atoms with Crippen LogP contribution in [0.5, 0.6) is 5.75 Å². The maximum Gasteiger partial charge on any atom is 0.136 e. The molecular formula is C19H19ClN4O. The van der Waals surface area contributed by atoms with E-state index in [9.17, 15) is 0 Å². The first kappa shape index (κ1) is 17.0. The number of ether oxygens (including phenoxy) is 1. The second-order valence-corrected chi connectivity index (χ2v) is 5.78. The molecule has 0 radical (unpaired) electrons. The van der Waals surface area contributed by atoms with Gasteiger partial charge in [0.2, 0.25) is 0 Å². The van der Waals surface area contributed by atoms with Gasteiger partial charge in [-0.2, -0.15) is 0 Å². The third-order valence-corrected chi connectivity index (χ3v) is 3.74. The molecule has 5 nitrogen and oxygen atoms in total. The lowest BCUT2D eigenvalue weighted by atomic mass is 10.3. The van der Waals surface area contributed by atoms with Crippen molar-refractivity contribution >= 4 is 34.6 Å². The molecule has 0 aliphatic rings. The lowest BCUT2D eigenvalue weighted by Crippen LogP contribution is -2.01. The average molecular weight is 355 g/mol. The molecule has 0 fully saturated rings. The van der Waals surface area contributed by atoms with E-state index in [1.807, 2.05) is 68.4 Å². The van der Waals surface area contributed by atoms with Crippen molar-refractivity contribution in [3.63, 3.8) is 0 Å². The minimum atomic E-state index is 0.639. The predicted octanol–water partition coefficient (Wildman–Crippen LogP) is 5.32. The fraction of sp³-hybridized carbons (Fsp3) is 0.158. The summed E-state index contributed by atoms with van der Waals surface area (Å²) in [6.45, 7) is 4.46. The Morgan fingerprint density at radius 3 is 2.32 bits per heavy atom. The summed E-state index contributed by atoms with van der Waals surface area (Å²) in [5.41, 5.74) is 1.72. The fourth-order valence-electron chi connectivity index (χ4n) is 2.35. The molecule has 1 aromatic heterocycles. The fourth-order valence-corrected chi connectivity index (χ4v) is 2.53. The van der Waals surface area contributed by atoms with Gasteiger partial charge in [0.25, 0.3) is 0 Å². The van der Waals surface area contributed by atoms with Crippen molar-refractivity contribution in [2.45, 2.75) is 13.8 Å². The maximum absolute atomic E-state index is 6.19. The Morgan fingerprint density at radius 2 is 1.64 bits per heavy atom. The van der Waals surface area contributed by atoms with E-state index in [-0.39, 0.29) is 0 Å². The first-order valence-electron chi connectivity index (χ1n) is 8.01. The summed E-state index contributed by atoms with van der Waals surface area (Å²) in [6.07, 6.45) is 0. The van der Waals surface area contributed by atoms with Gasteiger partial charge >= 0.3 is 0 Å². The third kappa shape index (κ3) is 4.61. The molecule has 3 aromatic rings. The highest BCUT2D eigenvalue weighted by Gasteiger charge is 2.05. The number of aromatic nitrogens is 2. The van der Waals surface area contributed by atoms with Crippen LogP contribution >= 0.6 is 11.6 Å². The second kappa shape index (κ2) is 7.85. The van der Waals surface area contributed by atoms with Crippen molar-refractivity contribution < 1.29 is 4.74 Å². The molecule has 0 amide bonds. The number of rotatable bonds is 6. The molecule has 0 aliphatic carbocycles. The maximum atomic E-state index is 6.19.